The number of nitrogens with zero attached hydrogens (tertiary/aromatic N) is 2. The number of benzene rings is 1. The van der Waals surface area contributed by atoms with E-state index in [-0.39, 0.29) is 6.04 Å². The Balaban J connectivity index is 1.99. The predicted octanol–water partition coefficient (Wildman–Crippen LogP) is 2.38. The Bertz CT molecular complexity index is 502. The van der Waals surface area contributed by atoms with Gasteiger partial charge in [-0.15, -0.1) is 0 Å². The molecule has 1 aliphatic carbocycles. The Kier molecular flexibility index (Phi) is 3.11. The van der Waals surface area contributed by atoms with Crippen molar-refractivity contribution in [2.45, 2.75) is 31.2 Å². The van der Waals surface area contributed by atoms with Gasteiger partial charge < -0.3 is 5.32 Å². The summed E-state index contributed by atoms with van der Waals surface area (Å²) in [7, 11) is 1.97. The maximum absolute atomic E-state index is 4.21. The zero-order valence-electron chi connectivity index (χ0n) is 10.6. The summed E-state index contributed by atoms with van der Waals surface area (Å²) < 4.78 is 0. The van der Waals surface area contributed by atoms with Crippen molar-refractivity contribution in [1.82, 2.24) is 20.7 Å². The summed E-state index contributed by atoms with van der Waals surface area (Å²) in [4.78, 5) is 0. The Labute approximate surface area is 107 Å². The Morgan fingerprint density at radius 3 is 2.78 bits per heavy atom. The van der Waals surface area contributed by atoms with Gasteiger partial charge in [-0.2, -0.15) is 15.4 Å². The maximum Gasteiger partial charge on any atom is 0.104 e. The summed E-state index contributed by atoms with van der Waals surface area (Å²) in [6.45, 7) is 0. The van der Waals surface area contributed by atoms with Crippen LogP contribution >= 0.6 is 0 Å². The molecule has 3 rings (SSSR count). The van der Waals surface area contributed by atoms with Gasteiger partial charge in [0.15, 0.2) is 0 Å². The molecule has 4 nitrogen and oxygen atoms in total. The minimum atomic E-state index is 0.126. The zero-order chi connectivity index (χ0) is 12.4. The van der Waals surface area contributed by atoms with Crippen LogP contribution in [-0.4, -0.2) is 22.5 Å². The van der Waals surface area contributed by atoms with Gasteiger partial charge >= 0.3 is 0 Å². The summed E-state index contributed by atoms with van der Waals surface area (Å²) in [6.07, 6.45) is 5.77. The number of hydrogen-bond donors (Lipinski definition) is 2. The summed E-state index contributed by atoms with van der Waals surface area (Å²) in [6, 6.07) is 8.81. The van der Waals surface area contributed by atoms with Crippen molar-refractivity contribution in [3.63, 3.8) is 0 Å². The first-order valence-corrected chi connectivity index (χ1v) is 6.52. The van der Waals surface area contributed by atoms with E-state index in [1.54, 1.807) is 6.20 Å². The molecule has 1 aromatic carbocycles. The fourth-order valence-corrected chi connectivity index (χ4v) is 2.68. The van der Waals surface area contributed by atoms with Crippen LogP contribution in [0.15, 0.2) is 30.5 Å². The van der Waals surface area contributed by atoms with Crippen LogP contribution in [0.4, 0.5) is 0 Å². The molecule has 1 unspecified atom stereocenters. The first-order valence-electron chi connectivity index (χ1n) is 6.52. The summed E-state index contributed by atoms with van der Waals surface area (Å²) in [5, 5.41) is 14.2. The van der Waals surface area contributed by atoms with Crippen LogP contribution in [0.5, 0.6) is 0 Å². The van der Waals surface area contributed by atoms with Crippen LogP contribution in [0.3, 0.4) is 0 Å². The lowest BCUT2D eigenvalue weighted by atomic mass is 9.77. The lowest BCUT2D eigenvalue weighted by Crippen LogP contribution is -2.22. The van der Waals surface area contributed by atoms with Crippen molar-refractivity contribution in [1.29, 1.82) is 0 Å². The van der Waals surface area contributed by atoms with Crippen LogP contribution in [0.25, 0.3) is 0 Å². The monoisotopic (exact) mass is 242 g/mol. The summed E-state index contributed by atoms with van der Waals surface area (Å²) in [5.41, 5.74) is 3.74. The van der Waals surface area contributed by atoms with E-state index in [9.17, 15) is 0 Å². The molecule has 0 amide bonds. The molecule has 0 aliphatic heterocycles. The average molecular weight is 242 g/mol. The lowest BCUT2D eigenvalue weighted by Gasteiger charge is -2.30. The van der Waals surface area contributed by atoms with Crippen LogP contribution in [-0.2, 0) is 0 Å². The standard InChI is InChI=1S/C14H18N4/c1-15-14(13-9-16-18-17-13)12-8-3-2-7-11(12)10-5-4-6-10/h2-3,7-10,14-15H,4-6H2,1H3,(H,16,17,18). The molecule has 1 fully saturated rings. The van der Waals surface area contributed by atoms with Crippen molar-refractivity contribution in [2.24, 2.45) is 0 Å². The number of rotatable bonds is 4. The highest BCUT2D eigenvalue weighted by Crippen LogP contribution is 2.40. The second-order valence-electron chi connectivity index (χ2n) is 4.87. The quantitative estimate of drug-likeness (QED) is 0.865. The van der Waals surface area contributed by atoms with Crippen molar-refractivity contribution < 1.29 is 0 Å². The van der Waals surface area contributed by atoms with Gasteiger partial charge in [0.2, 0.25) is 0 Å². The topological polar surface area (TPSA) is 53.6 Å². The number of nitrogens with one attached hydrogen (secondary N) is 2. The van der Waals surface area contributed by atoms with Crippen LogP contribution < -0.4 is 5.32 Å². The number of aromatic amines is 1. The summed E-state index contributed by atoms with van der Waals surface area (Å²) in [5.74, 6) is 0.726. The van der Waals surface area contributed by atoms with E-state index in [1.165, 1.54) is 30.4 Å². The molecule has 0 saturated heterocycles. The second kappa shape index (κ2) is 4.90. The van der Waals surface area contributed by atoms with E-state index < -0.39 is 0 Å². The molecule has 1 heterocycles. The minimum absolute atomic E-state index is 0.126. The van der Waals surface area contributed by atoms with Crippen molar-refractivity contribution >= 4 is 0 Å². The minimum Gasteiger partial charge on any atom is -0.308 e. The van der Waals surface area contributed by atoms with Crippen LogP contribution in [0.2, 0.25) is 0 Å². The first kappa shape index (κ1) is 11.4. The molecule has 1 saturated carbocycles. The number of H-pyrrole nitrogens is 1. The van der Waals surface area contributed by atoms with Crippen molar-refractivity contribution in [3.8, 4) is 0 Å². The van der Waals surface area contributed by atoms with E-state index in [2.05, 4.69) is 45.0 Å². The molecule has 0 bridgehead atoms. The highest BCUT2D eigenvalue weighted by Gasteiger charge is 2.25. The Morgan fingerprint density at radius 2 is 2.17 bits per heavy atom. The third-order valence-corrected chi connectivity index (χ3v) is 3.87. The highest BCUT2D eigenvalue weighted by molar-refractivity contribution is 5.37. The van der Waals surface area contributed by atoms with Gasteiger partial charge in [0.05, 0.1) is 12.2 Å². The van der Waals surface area contributed by atoms with Gasteiger partial charge in [0, 0.05) is 0 Å². The van der Waals surface area contributed by atoms with E-state index in [0.717, 1.165) is 11.6 Å². The fraction of sp³-hybridized carbons (Fsp3) is 0.429. The molecule has 2 aromatic rings. The molecule has 4 heteroatoms. The second-order valence-corrected chi connectivity index (χ2v) is 4.87. The number of aromatic nitrogens is 3. The van der Waals surface area contributed by atoms with Gasteiger partial charge in [-0.05, 0) is 36.9 Å². The molecule has 0 radical (unpaired) electrons. The fourth-order valence-electron chi connectivity index (χ4n) is 2.68. The van der Waals surface area contributed by atoms with Crippen LogP contribution in [0.1, 0.15) is 48.0 Å². The Hall–Kier alpha value is -1.68. The van der Waals surface area contributed by atoms with Gasteiger partial charge in [-0.25, -0.2) is 0 Å². The third kappa shape index (κ3) is 1.93. The molecular formula is C14H18N4. The van der Waals surface area contributed by atoms with Gasteiger partial charge in [-0.1, -0.05) is 30.7 Å². The lowest BCUT2D eigenvalue weighted by molar-refractivity contribution is 0.414. The van der Waals surface area contributed by atoms with Gasteiger partial charge in [0.25, 0.3) is 0 Å². The van der Waals surface area contributed by atoms with Gasteiger partial charge in [0.1, 0.15) is 5.69 Å². The van der Waals surface area contributed by atoms with Crippen LogP contribution in [0, 0.1) is 0 Å². The first-order chi connectivity index (χ1) is 8.90. The molecule has 0 spiro atoms. The third-order valence-electron chi connectivity index (χ3n) is 3.87. The normalized spacial score (nSPS) is 17.4. The van der Waals surface area contributed by atoms with E-state index in [4.69, 9.17) is 0 Å². The van der Waals surface area contributed by atoms with E-state index in [1.807, 2.05) is 7.05 Å². The molecule has 2 N–H and O–H groups in total. The predicted molar refractivity (Wildman–Crippen MR) is 70.3 cm³/mol. The molecule has 1 aromatic heterocycles. The van der Waals surface area contributed by atoms with Crippen molar-refractivity contribution in [3.05, 3.63) is 47.3 Å². The summed E-state index contributed by atoms with van der Waals surface area (Å²) >= 11 is 0. The molecule has 1 atom stereocenters. The highest BCUT2D eigenvalue weighted by atomic mass is 15.3. The molecular weight excluding hydrogens is 224 g/mol. The smallest absolute Gasteiger partial charge is 0.104 e. The van der Waals surface area contributed by atoms with Crippen molar-refractivity contribution in [2.75, 3.05) is 7.05 Å². The SMILES string of the molecule is CNC(c1cn[nH]n1)c1ccccc1C1CCC1. The molecule has 18 heavy (non-hydrogen) atoms. The molecule has 94 valence electrons. The van der Waals surface area contributed by atoms with E-state index >= 15 is 0 Å². The molecule has 1 aliphatic rings. The van der Waals surface area contributed by atoms with Gasteiger partial charge in [-0.3, -0.25) is 0 Å². The Morgan fingerprint density at radius 1 is 1.33 bits per heavy atom. The maximum atomic E-state index is 4.21. The number of hydrogen-bond acceptors (Lipinski definition) is 3. The average Bonchev–Trinajstić information content (AvgIpc) is 2.84. The zero-order valence-corrected chi connectivity index (χ0v) is 10.6. The van der Waals surface area contributed by atoms with E-state index in [0.29, 0.717) is 0 Å². The largest absolute Gasteiger partial charge is 0.308 e.